The molecule has 2 rings (SSSR count). The maximum absolute atomic E-state index is 4.22. The lowest BCUT2D eigenvalue weighted by molar-refractivity contribution is 1.37. The molecule has 0 spiro atoms. The van der Waals surface area contributed by atoms with Crippen molar-refractivity contribution in [3.63, 3.8) is 0 Å². The standard InChI is InChI=1S/C10H7BrNS/c1-7-6-8(11)2-3-9(7)10-12-4-5-13-10/h2-4,6H,1H3. The fourth-order valence-corrected chi connectivity index (χ4v) is 2.32. The van der Waals surface area contributed by atoms with Gasteiger partial charge in [0.2, 0.25) is 0 Å². The van der Waals surface area contributed by atoms with Crippen LogP contribution >= 0.6 is 27.3 Å². The quantitative estimate of drug-likeness (QED) is 0.755. The Balaban J connectivity index is 2.53. The minimum atomic E-state index is 1.03. The molecule has 0 saturated carbocycles. The van der Waals surface area contributed by atoms with Gasteiger partial charge in [0.1, 0.15) is 5.01 Å². The Labute approximate surface area is 89.6 Å². The Kier molecular flexibility index (Phi) is 2.47. The van der Waals surface area contributed by atoms with E-state index in [1.165, 1.54) is 11.1 Å². The van der Waals surface area contributed by atoms with Crippen molar-refractivity contribution in [1.82, 2.24) is 4.98 Å². The summed E-state index contributed by atoms with van der Waals surface area (Å²) in [5, 5.41) is 4.02. The summed E-state index contributed by atoms with van der Waals surface area (Å²) in [6.45, 7) is 2.08. The number of rotatable bonds is 1. The van der Waals surface area contributed by atoms with Gasteiger partial charge in [-0.2, -0.15) is 0 Å². The number of nitrogens with zero attached hydrogens (tertiary/aromatic N) is 1. The maximum Gasteiger partial charge on any atom is 0.124 e. The van der Waals surface area contributed by atoms with Crippen LogP contribution in [0.2, 0.25) is 0 Å². The van der Waals surface area contributed by atoms with Crippen LogP contribution < -0.4 is 0 Å². The van der Waals surface area contributed by atoms with Gasteiger partial charge in [0.05, 0.1) is 5.38 Å². The predicted octanol–water partition coefficient (Wildman–Crippen LogP) is 3.68. The van der Waals surface area contributed by atoms with Crippen LogP contribution in [-0.4, -0.2) is 4.98 Å². The molecule has 3 heteroatoms. The summed E-state index contributed by atoms with van der Waals surface area (Å²) < 4.78 is 1.11. The molecule has 0 aliphatic rings. The van der Waals surface area contributed by atoms with Crippen molar-refractivity contribution in [3.05, 3.63) is 39.8 Å². The molecule has 0 aliphatic heterocycles. The van der Waals surface area contributed by atoms with Crippen LogP contribution in [-0.2, 0) is 0 Å². The Morgan fingerprint density at radius 2 is 2.31 bits per heavy atom. The fraction of sp³-hybridized carbons (Fsp3) is 0.100. The van der Waals surface area contributed by atoms with Gasteiger partial charge in [0.15, 0.2) is 0 Å². The largest absolute Gasteiger partial charge is 0.244 e. The number of hydrogen-bond acceptors (Lipinski definition) is 2. The Bertz CT molecular complexity index is 409. The average molecular weight is 253 g/mol. The van der Waals surface area contributed by atoms with Gasteiger partial charge in [0, 0.05) is 16.2 Å². The van der Waals surface area contributed by atoms with Crippen LogP contribution in [0.5, 0.6) is 0 Å². The van der Waals surface area contributed by atoms with Crippen LogP contribution in [0.1, 0.15) is 5.56 Å². The molecule has 0 amide bonds. The zero-order valence-corrected chi connectivity index (χ0v) is 9.45. The van der Waals surface area contributed by atoms with Crippen LogP contribution in [0, 0.1) is 12.3 Å². The van der Waals surface area contributed by atoms with Crippen LogP contribution in [0.25, 0.3) is 10.6 Å². The second kappa shape index (κ2) is 3.60. The normalized spacial score (nSPS) is 10.3. The molecule has 1 radical (unpaired) electrons. The van der Waals surface area contributed by atoms with Gasteiger partial charge < -0.3 is 0 Å². The highest BCUT2D eigenvalue weighted by atomic mass is 79.9. The maximum atomic E-state index is 4.22. The number of halogens is 1. The molecule has 0 saturated heterocycles. The summed E-state index contributed by atoms with van der Waals surface area (Å²) in [7, 11) is 0. The van der Waals surface area contributed by atoms with Gasteiger partial charge in [-0.3, -0.25) is 0 Å². The molecule has 0 aliphatic carbocycles. The van der Waals surface area contributed by atoms with Gasteiger partial charge >= 0.3 is 0 Å². The second-order valence-corrected chi connectivity index (χ2v) is 4.48. The first-order valence-electron chi connectivity index (χ1n) is 3.86. The van der Waals surface area contributed by atoms with E-state index < -0.39 is 0 Å². The molecule has 13 heavy (non-hydrogen) atoms. The smallest absolute Gasteiger partial charge is 0.124 e. The van der Waals surface area contributed by atoms with E-state index in [0.717, 1.165) is 9.48 Å². The van der Waals surface area contributed by atoms with Gasteiger partial charge in [-0.1, -0.05) is 22.0 Å². The van der Waals surface area contributed by atoms with Crippen molar-refractivity contribution in [2.75, 3.05) is 0 Å². The zero-order valence-electron chi connectivity index (χ0n) is 7.04. The molecule has 65 valence electrons. The molecule has 1 heterocycles. The number of aromatic nitrogens is 1. The van der Waals surface area contributed by atoms with E-state index in [1.807, 2.05) is 6.07 Å². The molecule has 1 nitrogen and oxygen atoms in total. The highest BCUT2D eigenvalue weighted by Gasteiger charge is 2.03. The molecule has 0 atom stereocenters. The lowest BCUT2D eigenvalue weighted by Gasteiger charge is -2.01. The first-order chi connectivity index (χ1) is 6.27. The van der Waals surface area contributed by atoms with Crippen molar-refractivity contribution in [2.45, 2.75) is 6.92 Å². The third-order valence-corrected chi connectivity index (χ3v) is 3.04. The average Bonchev–Trinajstić information content (AvgIpc) is 2.56. The van der Waals surface area contributed by atoms with Crippen LogP contribution in [0.4, 0.5) is 0 Å². The molecular weight excluding hydrogens is 246 g/mol. The summed E-state index contributed by atoms with van der Waals surface area (Å²) in [4.78, 5) is 4.22. The molecule has 0 N–H and O–H groups in total. The zero-order chi connectivity index (χ0) is 9.26. The molecule has 1 aromatic carbocycles. The van der Waals surface area contributed by atoms with Crippen LogP contribution in [0.3, 0.4) is 0 Å². The minimum Gasteiger partial charge on any atom is -0.244 e. The molecular formula is C10H7BrNS. The molecule has 0 unspecified atom stereocenters. The molecule has 0 bridgehead atoms. The number of aryl methyl sites for hydroxylation is 1. The van der Waals surface area contributed by atoms with Gasteiger partial charge in [-0.25, -0.2) is 4.98 Å². The Hall–Kier alpha value is -0.670. The third kappa shape index (κ3) is 1.81. The van der Waals surface area contributed by atoms with Gasteiger partial charge in [0.25, 0.3) is 0 Å². The second-order valence-electron chi connectivity index (χ2n) is 2.74. The third-order valence-electron chi connectivity index (χ3n) is 1.81. The van der Waals surface area contributed by atoms with E-state index in [1.54, 1.807) is 17.5 Å². The van der Waals surface area contributed by atoms with E-state index in [2.05, 4.69) is 45.4 Å². The predicted molar refractivity (Wildman–Crippen MR) is 58.8 cm³/mol. The monoisotopic (exact) mass is 252 g/mol. The van der Waals surface area contributed by atoms with E-state index in [4.69, 9.17) is 0 Å². The van der Waals surface area contributed by atoms with Crippen molar-refractivity contribution in [1.29, 1.82) is 0 Å². The van der Waals surface area contributed by atoms with Crippen LogP contribution in [0.15, 0.2) is 28.9 Å². The lowest BCUT2D eigenvalue weighted by Crippen LogP contribution is -1.81. The van der Waals surface area contributed by atoms with Crippen molar-refractivity contribution < 1.29 is 0 Å². The SMILES string of the molecule is Cc1cc(Br)ccc1-c1nc[c]s1. The first-order valence-corrected chi connectivity index (χ1v) is 5.47. The fourth-order valence-electron chi connectivity index (χ4n) is 1.19. The van der Waals surface area contributed by atoms with E-state index in [9.17, 15) is 0 Å². The van der Waals surface area contributed by atoms with E-state index in [-0.39, 0.29) is 0 Å². The highest BCUT2D eigenvalue weighted by molar-refractivity contribution is 9.10. The Morgan fingerprint density at radius 3 is 2.92 bits per heavy atom. The van der Waals surface area contributed by atoms with Crippen molar-refractivity contribution >= 4 is 27.3 Å². The van der Waals surface area contributed by atoms with Crippen molar-refractivity contribution in [2.24, 2.45) is 0 Å². The lowest BCUT2D eigenvalue weighted by atomic mass is 10.1. The summed E-state index contributed by atoms with van der Waals surface area (Å²) in [5.41, 5.74) is 2.42. The number of hydrogen-bond donors (Lipinski definition) is 0. The van der Waals surface area contributed by atoms with Gasteiger partial charge in [-0.15, -0.1) is 11.3 Å². The topological polar surface area (TPSA) is 12.9 Å². The molecule has 2 aromatic rings. The van der Waals surface area contributed by atoms with Crippen molar-refractivity contribution in [3.8, 4) is 10.6 Å². The molecule has 1 aromatic heterocycles. The first kappa shape index (κ1) is 8.91. The summed E-state index contributed by atoms with van der Waals surface area (Å²) in [6.07, 6.45) is 1.71. The molecule has 0 fully saturated rings. The highest BCUT2D eigenvalue weighted by Crippen LogP contribution is 2.27. The summed E-state index contributed by atoms with van der Waals surface area (Å²) in [5.74, 6) is 0. The van der Waals surface area contributed by atoms with E-state index >= 15 is 0 Å². The van der Waals surface area contributed by atoms with Gasteiger partial charge in [-0.05, 0) is 24.6 Å². The number of thiazole rings is 1. The minimum absolute atomic E-state index is 1.03. The summed E-state index contributed by atoms with van der Waals surface area (Å²) in [6, 6.07) is 6.20. The number of benzene rings is 1. The van der Waals surface area contributed by atoms with E-state index in [0.29, 0.717) is 0 Å². The summed E-state index contributed by atoms with van der Waals surface area (Å²) >= 11 is 4.98. The Morgan fingerprint density at radius 1 is 1.46 bits per heavy atom.